The van der Waals surface area contributed by atoms with E-state index >= 15 is 8.78 Å². The Kier molecular flexibility index (Phi) is 6.31. The number of anilines is 2. The van der Waals surface area contributed by atoms with Crippen LogP contribution in [0.15, 0.2) is 40.2 Å². The van der Waals surface area contributed by atoms with Gasteiger partial charge < -0.3 is 14.4 Å². The number of ether oxygens (including phenoxy) is 1. The third-order valence-electron chi connectivity index (χ3n) is 6.35. The minimum Gasteiger partial charge on any atom is -0.444 e. The molecule has 0 spiro atoms. The summed E-state index contributed by atoms with van der Waals surface area (Å²) in [5.74, 6) is -1.90. The standard InChI is InChI=1S/C23H23F2N7O5/c1-14(33)3-4-16-13-29(23(36)37-16)15-11-17(24)19(18(25)12-15)28-7-9-30-21(34)32(20-26-5-2-6-27-20)22(35)31(30)10-8-28/h2,5-6,11-12,16H,3-4,7-10,13H2,1H3/t16-/m0/s1. The summed E-state index contributed by atoms with van der Waals surface area (Å²) in [5.41, 5.74) is -1.63. The van der Waals surface area contributed by atoms with Gasteiger partial charge in [-0.2, -0.15) is 4.57 Å². The summed E-state index contributed by atoms with van der Waals surface area (Å²) in [6.07, 6.45) is 2.09. The molecule has 1 amide bonds. The Bertz CT molecular complexity index is 1420. The van der Waals surface area contributed by atoms with E-state index in [0.29, 0.717) is 6.42 Å². The molecular weight excluding hydrogens is 492 g/mol. The lowest BCUT2D eigenvalue weighted by molar-refractivity contribution is -0.117. The number of Topliss-reactive ketones (excluding diaryl/α,β-unsaturated/α-hetero) is 1. The van der Waals surface area contributed by atoms with E-state index in [2.05, 4.69) is 9.97 Å². The molecule has 5 rings (SSSR count). The van der Waals surface area contributed by atoms with Gasteiger partial charge in [0.05, 0.1) is 25.3 Å². The topological polar surface area (TPSA) is 125 Å². The SMILES string of the molecule is CC(=O)CC[C@H]1CN(c2cc(F)c(N3CCn4c(=O)n(-c5ncccn5)c(=O)n4CC3)c(F)c2)C(=O)O1. The monoisotopic (exact) mass is 515 g/mol. The first kappa shape index (κ1) is 24.3. The Balaban J connectivity index is 1.36. The lowest BCUT2D eigenvalue weighted by Crippen LogP contribution is -2.34. The van der Waals surface area contributed by atoms with Crippen molar-refractivity contribution >= 4 is 23.3 Å². The molecule has 2 aliphatic rings. The number of fused-ring (bicyclic) bond motifs is 1. The van der Waals surface area contributed by atoms with Gasteiger partial charge in [-0.3, -0.25) is 4.90 Å². The molecule has 1 aromatic carbocycles. The van der Waals surface area contributed by atoms with Gasteiger partial charge in [-0.05, 0) is 19.4 Å². The van der Waals surface area contributed by atoms with Crippen molar-refractivity contribution in [1.29, 1.82) is 0 Å². The third-order valence-corrected chi connectivity index (χ3v) is 6.35. The van der Waals surface area contributed by atoms with E-state index in [1.54, 1.807) is 6.07 Å². The number of hydrogen-bond donors (Lipinski definition) is 0. The zero-order valence-electron chi connectivity index (χ0n) is 19.8. The Morgan fingerprint density at radius 1 is 1.00 bits per heavy atom. The molecule has 3 aromatic rings. The fraction of sp³-hybridized carbons (Fsp3) is 0.391. The fourth-order valence-corrected chi connectivity index (χ4v) is 4.55. The van der Waals surface area contributed by atoms with Crippen molar-refractivity contribution < 1.29 is 23.1 Å². The maximum atomic E-state index is 15.2. The minimum absolute atomic E-state index is 0.00266. The summed E-state index contributed by atoms with van der Waals surface area (Å²) >= 11 is 0. The maximum Gasteiger partial charge on any atom is 0.414 e. The van der Waals surface area contributed by atoms with Crippen LogP contribution in [0.25, 0.3) is 5.95 Å². The number of aromatic nitrogens is 5. The Morgan fingerprint density at radius 3 is 2.16 bits per heavy atom. The van der Waals surface area contributed by atoms with E-state index in [-0.39, 0.29) is 62.3 Å². The van der Waals surface area contributed by atoms with Crippen LogP contribution in [0, 0.1) is 11.6 Å². The summed E-state index contributed by atoms with van der Waals surface area (Å²) in [5, 5.41) is 0. The molecule has 0 aliphatic carbocycles. The van der Waals surface area contributed by atoms with E-state index in [1.165, 1.54) is 33.6 Å². The first-order valence-electron chi connectivity index (χ1n) is 11.7. The number of benzene rings is 1. The largest absolute Gasteiger partial charge is 0.444 e. The highest BCUT2D eigenvalue weighted by atomic mass is 19.1. The first-order valence-corrected chi connectivity index (χ1v) is 11.7. The normalized spacial score (nSPS) is 17.5. The molecule has 14 heteroatoms. The molecule has 2 aromatic heterocycles. The molecule has 0 unspecified atom stereocenters. The van der Waals surface area contributed by atoms with Crippen molar-refractivity contribution in [2.24, 2.45) is 0 Å². The predicted molar refractivity (Wildman–Crippen MR) is 126 cm³/mol. The fourth-order valence-electron chi connectivity index (χ4n) is 4.55. The second-order valence-corrected chi connectivity index (χ2v) is 8.80. The number of hydrogen-bond acceptors (Lipinski definition) is 8. The number of rotatable bonds is 6. The Hall–Kier alpha value is -4.36. The number of carbonyl (C=O) groups is 2. The van der Waals surface area contributed by atoms with Gasteiger partial charge in [-0.1, -0.05) is 0 Å². The molecule has 0 N–H and O–H groups in total. The quantitative estimate of drug-likeness (QED) is 0.478. The summed E-state index contributed by atoms with van der Waals surface area (Å²) in [6.45, 7) is 1.58. The lowest BCUT2D eigenvalue weighted by atomic mass is 10.1. The first-order chi connectivity index (χ1) is 17.7. The van der Waals surface area contributed by atoms with Gasteiger partial charge in [0.15, 0.2) is 11.6 Å². The Morgan fingerprint density at radius 2 is 1.59 bits per heavy atom. The lowest BCUT2D eigenvalue weighted by Gasteiger charge is -2.24. The van der Waals surface area contributed by atoms with Gasteiger partial charge in [0.1, 0.15) is 17.6 Å². The van der Waals surface area contributed by atoms with Crippen molar-refractivity contribution in [3.05, 3.63) is 63.2 Å². The Labute approximate surface area is 208 Å². The van der Waals surface area contributed by atoms with E-state index in [0.717, 1.165) is 21.6 Å². The minimum atomic E-state index is -0.899. The summed E-state index contributed by atoms with van der Waals surface area (Å²) in [7, 11) is 0. The van der Waals surface area contributed by atoms with Crippen molar-refractivity contribution in [2.75, 3.05) is 29.4 Å². The van der Waals surface area contributed by atoms with Crippen molar-refractivity contribution in [2.45, 2.75) is 39.0 Å². The predicted octanol–water partition coefficient (Wildman–Crippen LogP) is 1.08. The van der Waals surface area contributed by atoms with E-state index in [1.807, 2.05) is 0 Å². The van der Waals surface area contributed by atoms with Crippen LogP contribution in [0.5, 0.6) is 0 Å². The average Bonchev–Trinajstić information content (AvgIpc) is 3.24. The van der Waals surface area contributed by atoms with Crippen molar-refractivity contribution in [3.63, 3.8) is 0 Å². The maximum absolute atomic E-state index is 15.2. The number of nitrogens with zero attached hydrogens (tertiary/aromatic N) is 7. The van der Waals surface area contributed by atoms with Crippen LogP contribution in [0.2, 0.25) is 0 Å². The number of carbonyl (C=O) groups excluding carboxylic acids is 2. The summed E-state index contributed by atoms with van der Waals surface area (Å²) < 4.78 is 38.9. The van der Waals surface area contributed by atoms with Gasteiger partial charge >= 0.3 is 17.5 Å². The molecule has 1 saturated heterocycles. The molecule has 0 bridgehead atoms. The highest BCUT2D eigenvalue weighted by molar-refractivity contribution is 5.90. The molecule has 0 saturated carbocycles. The van der Waals surface area contributed by atoms with Crippen LogP contribution < -0.4 is 21.2 Å². The third kappa shape index (κ3) is 4.49. The molecule has 2 aliphatic heterocycles. The van der Waals surface area contributed by atoms with E-state index in [4.69, 9.17) is 4.74 Å². The van der Waals surface area contributed by atoms with Crippen LogP contribution in [-0.2, 0) is 22.6 Å². The van der Waals surface area contributed by atoms with E-state index in [9.17, 15) is 19.2 Å². The van der Waals surface area contributed by atoms with Crippen LogP contribution in [0.4, 0.5) is 25.0 Å². The zero-order valence-corrected chi connectivity index (χ0v) is 19.8. The second kappa shape index (κ2) is 9.59. The molecule has 12 nitrogen and oxygen atoms in total. The number of halogens is 2. The van der Waals surface area contributed by atoms with Crippen LogP contribution in [-0.4, -0.2) is 61.5 Å². The molecule has 1 fully saturated rings. The van der Waals surface area contributed by atoms with Gasteiger partial charge in [-0.15, -0.1) is 0 Å². The van der Waals surface area contributed by atoms with Crippen molar-refractivity contribution in [3.8, 4) is 5.95 Å². The second-order valence-electron chi connectivity index (χ2n) is 8.80. The number of cyclic esters (lactones) is 1. The molecule has 0 radical (unpaired) electrons. The zero-order chi connectivity index (χ0) is 26.3. The molecule has 4 heterocycles. The van der Waals surface area contributed by atoms with Gasteiger partial charge in [0.2, 0.25) is 5.95 Å². The van der Waals surface area contributed by atoms with Crippen LogP contribution in [0.1, 0.15) is 19.8 Å². The molecule has 194 valence electrons. The van der Waals surface area contributed by atoms with E-state index < -0.39 is 35.2 Å². The van der Waals surface area contributed by atoms with Gasteiger partial charge in [0, 0.05) is 44.0 Å². The average molecular weight is 515 g/mol. The summed E-state index contributed by atoms with van der Waals surface area (Å²) in [6, 6.07) is 3.65. The molecule has 1 atom stereocenters. The summed E-state index contributed by atoms with van der Waals surface area (Å²) in [4.78, 5) is 59.7. The molecule has 37 heavy (non-hydrogen) atoms. The number of amides is 1. The molecular formula is C23H23F2N7O5. The highest BCUT2D eigenvalue weighted by Crippen LogP contribution is 2.32. The highest BCUT2D eigenvalue weighted by Gasteiger charge is 2.34. The van der Waals surface area contributed by atoms with Crippen LogP contribution >= 0.6 is 0 Å². The van der Waals surface area contributed by atoms with Crippen molar-refractivity contribution in [1.82, 2.24) is 23.9 Å². The van der Waals surface area contributed by atoms with Gasteiger partial charge in [-0.25, -0.2) is 42.5 Å². The van der Waals surface area contributed by atoms with Crippen LogP contribution in [0.3, 0.4) is 0 Å². The smallest absolute Gasteiger partial charge is 0.414 e. The number of ketones is 1. The van der Waals surface area contributed by atoms with Gasteiger partial charge in [0.25, 0.3) is 0 Å².